The summed E-state index contributed by atoms with van der Waals surface area (Å²) in [6.07, 6.45) is -5.19. The van der Waals surface area contributed by atoms with Gasteiger partial charge in [-0.25, -0.2) is 0 Å². The molecule has 1 fully saturated rings. The number of carbonyl (C=O) groups excluding carboxylic acids is 3. The van der Waals surface area contributed by atoms with Crippen molar-refractivity contribution in [1.82, 2.24) is 5.32 Å². The molecule has 3 N–H and O–H groups in total. The quantitative estimate of drug-likeness (QED) is 0.511. The molecule has 9 nitrogen and oxygen atoms in total. The van der Waals surface area contributed by atoms with E-state index in [0.717, 1.165) is 6.92 Å². The number of amides is 1. The maximum Gasteiger partial charge on any atom is 0.303 e. The Hall–Kier alpha value is -1.71. The van der Waals surface area contributed by atoms with Crippen LogP contribution in [0.15, 0.2) is 0 Å². The van der Waals surface area contributed by atoms with Crippen LogP contribution < -0.4 is 5.32 Å². The van der Waals surface area contributed by atoms with E-state index in [1.807, 2.05) is 0 Å². The summed E-state index contributed by atoms with van der Waals surface area (Å²) >= 11 is 0. The molecule has 0 aromatic rings. The van der Waals surface area contributed by atoms with Gasteiger partial charge in [0.1, 0.15) is 24.9 Å². The maximum atomic E-state index is 11.1. The molecule has 0 aromatic carbocycles. The summed E-state index contributed by atoms with van der Waals surface area (Å²) in [5, 5.41) is 22.3. The van der Waals surface area contributed by atoms with Crippen molar-refractivity contribution in [1.29, 1.82) is 0 Å². The highest BCUT2D eigenvalue weighted by Crippen LogP contribution is 2.23. The SMILES string of the molecule is CC(=O)N[C@@H]1[C@@H](O)[C@@H](OC(C)=O)[C@@H](COC(C)=O)O[C@@H]1O. The molecule has 9 heteroatoms. The number of carbonyl (C=O) groups is 3. The lowest BCUT2D eigenvalue weighted by Gasteiger charge is -2.41. The Morgan fingerprint density at radius 1 is 1.14 bits per heavy atom. The van der Waals surface area contributed by atoms with Crippen LogP contribution in [-0.2, 0) is 28.6 Å². The topological polar surface area (TPSA) is 131 Å². The van der Waals surface area contributed by atoms with E-state index in [-0.39, 0.29) is 6.61 Å². The Kier molecular flexibility index (Phi) is 6.06. The average molecular weight is 305 g/mol. The van der Waals surface area contributed by atoms with Crippen molar-refractivity contribution in [2.75, 3.05) is 6.61 Å². The predicted molar refractivity (Wildman–Crippen MR) is 66.7 cm³/mol. The monoisotopic (exact) mass is 305 g/mol. The average Bonchev–Trinajstić information content (AvgIpc) is 2.35. The molecule has 5 atom stereocenters. The number of nitrogens with one attached hydrogen (secondary N) is 1. The molecule has 0 bridgehead atoms. The maximum absolute atomic E-state index is 11.1. The van der Waals surface area contributed by atoms with Crippen molar-refractivity contribution in [2.24, 2.45) is 0 Å². The van der Waals surface area contributed by atoms with E-state index < -0.39 is 48.5 Å². The summed E-state index contributed by atoms with van der Waals surface area (Å²) in [6, 6.07) is -1.17. The second-order valence-electron chi connectivity index (χ2n) is 4.66. The Bertz CT molecular complexity index is 410. The van der Waals surface area contributed by atoms with Gasteiger partial charge in [0.25, 0.3) is 0 Å². The molecule has 1 saturated heterocycles. The van der Waals surface area contributed by atoms with Crippen LogP contribution in [0.5, 0.6) is 0 Å². The zero-order valence-electron chi connectivity index (χ0n) is 11.9. The van der Waals surface area contributed by atoms with Crippen molar-refractivity contribution >= 4 is 17.8 Å². The number of rotatable bonds is 4. The molecule has 120 valence electrons. The van der Waals surface area contributed by atoms with E-state index in [2.05, 4.69) is 5.32 Å². The van der Waals surface area contributed by atoms with Crippen molar-refractivity contribution < 1.29 is 38.8 Å². The number of aliphatic hydroxyl groups excluding tert-OH is 2. The Labute approximate surface area is 121 Å². The first-order valence-electron chi connectivity index (χ1n) is 6.31. The summed E-state index contributed by atoms with van der Waals surface area (Å²) in [7, 11) is 0. The van der Waals surface area contributed by atoms with Gasteiger partial charge in [-0.15, -0.1) is 0 Å². The second-order valence-corrected chi connectivity index (χ2v) is 4.66. The first kappa shape index (κ1) is 17.3. The normalized spacial score (nSPS) is 32.1. The van der Waals surface area contributed by atoms with Crippen LogP contribution in [0.2, 0.25) is 0 Å². The van der Waals surface area contributed by atoms with Crippen LogP contribution >= 0.6 is 0 Å². The van der Waals surface area contributed by atoms with Crippen LogP contribution in [0.1, 0.15) is 20.8 Å². The first-order chi connectivity index (χ1) is 9.72. The van der Waals surface area contributed by atoms with Gasteiger partial charge in [0, 0.05) is 20.8 Å². The number of hydrogen-bond acceptors (Lipinski definition) is 8. The molecule has 1 heterocycles. The third kappa shape index (κ3) is 4.96. The third-order valence-corrected chi connectivity index (χ3v) is 2.82. The zero-order chi connectivity index (χ0) is 16.2. The highest BCUT2D eigenvalue weighted by molar-refractivity contribution is 5.73. The molecular formula is C12H19NO8. The number of aliphatic hydroxyl groups is 2. The molecule has 0 unspecified atom stereocenters. The molecule has 1 amide bonds. The zero-order valence-corrected chi connectivity index (χ0v) is 11.9. The Morgan fingerprint density at radius 3 is 2.24 bits per heavy atom. The molecule has 1 rings (SSSR count). The lowest BCUT2D eigenvalue weighted by atomic mass is 9.96. The molecule has 0 radical (unpaired) electrons. The van der Waals surface area contributed by atoms with Crippen molar-refractivity contribution in [2.45, 2.75) is 51.4 Å². The molecule has 1 aliphatic heterocycles. The fourth-order valence-corrected chi connectivity index (χ4v) is 2.00. The second kappa shape index (κ2) is 7.34. The van der Waals surface area contributed by atoms with Gasteiger partial charge < -0.3 is 29.7 Å². The van der Waals surface area contributed by atoms with Crippen molar-refractivity contribution in [3.8, 4) is 0 Å². The lowest BCUT2D eigenvalue weighted by molar-refractivity contribution is -0.260. The predicted octanol–water partition coefficient (Wildman–Crippen LogP) is -1.94. The third-order valence-electron chi connectivity index (χ3n) is 2.82. The van der Waals surface area contributed by atoms with Crippen molar-refractivity contribution in [3.05, 3.63) is 0 Å². The standard InChI is InChI=1S/C12H19NO8/c1-5(14)13-9-10(17)11(20-7(3)16)8(21-12(9)18)4-19-6(2)15/h8-12,17-18H,4H2,1-3H3,(H,13,14)/t8-,9-,10-,11+,12+/m1/s1. The molecular weight excluding hydrogens is 286 g/mol. The van der Waals surface area contributed by atoms with E-state index in [0.29, 0.717) is 0 Å². The van der Waals surface area contributed by atoms with E-state index in [1.54, 1.807) is 0 Å². The minimum absolute atomic E-state index is 0.311. The smallest absolute Gasteiger partial charge is 0.303 e. The fraction of sp³-hybridized carbons (Fsp3) is 0.750. The molecule has 21 heavy (non-hydrogen) atoms. The van der Waals surface area contributed by atoms with Gasteiger partial charge in [-0.1, -0.05) is 0 Å². The van der Waals surface area contributed by atoms with Crippen LogP contribution in [0, 0.1) is 0 Å². The van der Waals surface area contributed by atoms with E-state index in [4.69, 9.17) is 14.2 Å². The summed E-state index contributed by atoms with van der Waals surface area (Å²) in [6.45, 7) is 3.20. The first-order valence-corrected chi connectivity index (χ1v) is 6.31. The van der Waals surface area contributed by atoms with Gasteiger partial charge >= 0.3 is 11.9 Å². The van der Waals surface area contributed by atoms with Crippen LogP contribution in [0.3, 0.4) is 0 Å². The Balaban J connectivity index is 2.86. The molecule has 0 aromatic heterocycles. The summed E-state index contributed by atoms with van der Waals surface area (Å²) in [5.41, 5.74) is 0. The van der Waals surface area contributed by atoms with Gasteiger partial charge in [0.05, 0.1) is 0 Å². The molecule has 0 spiro atoms. The van der Waals surface area contributed by atoms with E-state index in [9.17, 15) is 24.6 Å². The van der Waals surface area contributed by atoms with E-state index >= 15 is 0 Å². The summed E-state index contributed by atoms with van der Waals surface area (Å²) < 4.78 is 14.8. The van der Waals surface area contributed by atoms with Crippen molar-refractivity contribution in [3.63, 3.8) is 0 Å². The van der Waals surface area contributed by atoms with Gasteiger partial charge in [-0.3, -0.25) is 14.4 Å². The van der Waals surface area contributed by atoms with Gasteiger partial charge in [0.15, 0.2) is 12.4 Å². The number of ether oxygens (including phenoxy) is 3. The lowest BCUT2D eigenvalue weighted by Crippen LogP contribution is -2.65. The number of esters is 2. The van der Waals surface area contributed by atoms with Crippen LogP contribution in [0.25, 0.3) is 0 Å². The largest absolute Gasteiger partial charge is 0.463 e. The number of hydrogen-bond donors (Lipinski definition) is 3. The van der Waals surface area contributed by atoms with Gasteiger partial charge in [-0.2, -0.15) is 0 Å². The summed E-state index contributed by atoms with van der Waals surface area (Å²) in [4.78, 5) is 33.0. The van der Waals surface area contributed by atoms with Crippen LogP contribution in [-0.4, -0.2) is 65.3 Å². The molecule has 0 aliphatic carbocycles. The van der Waals surface area contributed by atoms with Crippen LogP contribution in [0.4, 0.5) is 0 Å². The highest BCUT2D eigenvalue weighted by atomic mass is 16.7. The van der Waals surface area contributed by atoms with Gasteiger partial charge in [0.2, 0.25) is 5.91 Å². The van der Waals surface area contributed by atoms with E-state index in [1.165, 1.54) is 13.8 Å². The minimum Gasteiger partial charge on any atom is -0.463 e. The highest BCUT2D eigenvalue weighted by Gasteiger charge is 2.47. The summed E-state index contributed by atoms with van der Waals surface area (Å²) in [5.74, 6) is -1.77. The molecule has 1 aliphatic rings. The Morgan fingerprint density at radius 2 is 1.76 bits per heavy atom. The fourth-order valence-electron chi connectivity index (χ4n) is 2.00. The molecule has 0 saturated carbocycles. The van der Waals surface area contributed by atoms with Gasteiger partial charge in [-0.05, 0) is 0 Å². The minimum atomic E-state index is -1.53.